The smallest absolute Gasteiger partial charge is 0.308 e. The summed E-state index contributed by atoms with van der Waals surface area (Å²) in [7, 11) is -2.46. The largest absolute Gasteiger partial charge is 0.469 e. The van der Waals surface area contributed by atoms with Gasteiger partial charge in [-0.05, 0) is 73.1 Å². The van der Waals surface area contributed by atoms with Crippen molar-refractivity contribution in [3.05, 3.63) is 46.2 Å². The fraction of sp³-hybridized carbons (Fsp3) is 0.500. The van der Waals surface area contributed by atoms with Crippen molar-refractivity contribution in [1.82, 2.24) is 14.7 Å². The van der Waals surface area contributed by atoms with E-state index in [1.165, 1.54) is 13.3 Å². The number of pyridine rings is 1. The predicted molar refractivity (Wildman–Crippen MR) is 157 cm³/mol. The van der Waals surface area contributed by atoms with E-state index in [0.29, 0.717) is 55.3 Å². The van der Waals surface area contributed by atoms with Crippen LogP contribution in [0, 0.1) is 17.8 Å². The average molecular weight is 607 g/mol. The summed E-state index contributed by atoms with van der Waals surface area (Å²) >= 11 is 7.67. The summed E-state index contributed by atoms with van der Waals surface area (Å²) in [6.45, 7) is 4.09. The number of Topliss-reactive ketones (excluding diaryl/α,β-unsaturated/α-hetero) is 1. The Labute approximate surface area is 243 Å². The monoisotopic (exact) mass is 606 g/mol. The second-order valence-corrected chi connectivity index (χ2v) is 14.3. The molecule has 3 atom stereocenters. The molecular formula is C28H35ClN4O5S2. The number of nitrogens with zero attached hydrogens (tertiary/aromatic N) is 2. The van der Waals surface area contributed by atoms with Gasteiger partial charge >= 0.3 is 5.97 Å². The van der Waals surface area contributed by atoms with Crippen LogP contribution in [0.3, 0.4) is 0 Å². The molecule has 2 heterocycles. The maximum Gasteiger partial charge on any atom is 0.308 e. The van der Waals surface area contributed by atoms with Crippen LogP contribution in [0.4, 0.5) is 5.82 Å². The molecule has 3 N–H and O–H groups in total. The topological polar surface area (TPSA) is 141 Å². The number of ketones is 1. The number of aromatic nitrogens is 2. The summed E-state index contributed by atoms with van der Waals surface area (Å²) in [5.74, 6) is -0.0892. The molecule has 1 aliphatic carbocycles. The Morgan fingerprint density at radius 3 is 2.73 bits per heavy atom. The third-order valence-corrected chi connectivity index (χ3v) is 10.6. The van der Waals surface area contributed by atoms with Crippen molar-refractivity contribution in [1.29, 1.82) is 0 Å². The zero-order valence-electron chi connectivity index (χ0n) is 22.9. The van der Waals surface area contributed by atoms with Crippen LogP contribution in [0.2, 0.25) is 5.02 Å². The van der Waals surface area contributed by atoms with Crippen molar-refractivity contribution < 1.29 is 22.7 Å². The highest BCUT2D eigenvalue weighted by atomic mass is 35.5. The van der Waals surface area contributed by atoms with Gasteiger partial charge in [-0.1, -0.05) is 25.4 Å². The van der Waals surface area contributed by atoms with E-state index in [2.05, 4.69) is 14.7 Å². The summed E-state index contributed by atoms with van der Waals surface area (Å²) < 4.78 is 33.6. The Kier molecular flexibility index (Phi) is 9.81. The number of rotatable bonds is 11. The third-order valence-electron chi connectivity index (χ3n) is 7.31. The van der Waals surface area contributed by atoms with Crippen molar-refractivity contribution in [2.75, 3.05) is 12.8 Å². The third kappa shape index (κ3) is 7.37. The van der Waals surface area contributed by atoms with Gasteiger partial charge in [-0.25, -0.2) is 18.4 Å². The molecule has 0 saturated heterocycles. The van der Waals surface area contributed by atoms with Crippen LogP contribution in [0.15, 0.2) is 34.8 Å². The summed E-state index contributed by atoms with van der Waals surface area (Å²) in [6.07, 6.45) is 6.59. The van der Waals surface area contributed by atoms with Crippen molar-refractivity contribution in [3.8, 4) is 0 Å². The number of hydrogen-bond acceptors (Lipinski definition) is 9. The lowest BCUT2D eigenvalue weighted by molar-refractivity contribution is -0.145. The molecule has 216 valence electrons. The Hall–Kier alpha value is -2.60. The van der Waals surface area contributed by atoms with Crippen molar-refractivity contribution in [3.63, 3.8) is 0 Å². The van der Waals surface area contributed by atoms with E-state index in [-0.39, 0.29) is 28.3 Å². The molecule has 1 aromatic carbocycles. The van der Waals surface area contributed by atoms with E-state index in [1.807, 2.05) is 26.0 Å². The molecule has 2 aromatic heterocycles. The number of hydrogen-bond donors (Lipinski definition) is 2. The highest BCUT2D eigenvalue weighted by molar-refractivity contribution is 7.91. The summed E-state index contributed by atoms with van der Waals surface area (Å²) in [5, 5.41) is 2.90. The van der Waals surface area contributed by atoms with Gasteiger partial charge < -0.3 is 10.5 Å². The number of carbonyl (C=O) groups excluding carboxylic acids is 2. The minimum Gasteiger partial charge on any atom is -0.469 e. The number of methoxy groups -OCH3 is 1. The predicted octanol–water partition coefficient (Wildman–Crippen LogP) is 4.95. The summed E-state index contributed by atoms with van der Waals surface area (Å²) in [6, 6.07) is 4.77. The Balaban J connectivity index is 1.36. The van der Waals surface area contributed by atoms with E-state index in [0.717, 1.165) is 32.7 Å². The molecule has 12 heteroatoms. The molecule has 0 spiro atoms. The number of carbonyl (C=O) groups is 2. The van der Waals surface area contributed by atoms with E-state index in [9.17, 15) is 18.0 Å². The highest BCUT2D eigenvalue weighted by Gasteiger charge is 2.33. The second kappa shape index (κ2) is 12.9. The van der Waals surface area contributed by atoms with Gasteiger partial charge in [0.2, 0.25) is 0 Å². The van der Waals surface area contributed by atoms with Crippen molar-refractivity contribution >= 4 is 61.3 Å². The maximum atomic E-state index is 12.9. The number of anilines is 1. The van der Waals surface area contributed by atoms with Crippen LogP contribution >= 0.6 is 22.9 Å². The summed E-state index contributed by atoms with van der Waals surface area (Å²) in [5.41, 5.74) is 6.78. The van der Waals surface area contributed by atoms with Crippen molar-refractivity contribution in [2.45, 2.75) is 69.0 Å². The number of nitrogens with one attached hydrogen (secondary N) is 1. The number of sulfonamides is 1. The Bertz CT molecular complexity index is 1490. The van der Waals surface area contributed by atoms with Gasteiger partial charge in [-0.3, -0.25) is 9.59 Å². The standard InChI is InChI=1S/C28H35ClN4O5S2/c1-16(2)10-25-32-15-26(39-25)40(36,37)33-23-7-5-17(11-24(23)34)4-6-19(28(35)38-3)13-20-12-18-8-9-31-27(30)21(18)14-22(20)29/h8-9,12,14-17,19,23,33H,4-7,10-11,13H2,1-3H3,(H2,30,31). The quantitative estimate of drug-likeness (QED) is 0.292. The SMILES string of the molecule is COC(=O)C(CCC1CCC(NS(=O)(=O)c2cnc(CC(C)C)s2)C(=O)C1)Cc1cc2ccnc(N)c2cc1Cl. The Morgan fingerprint density at radius 2 is 2.02 bits per heavy atom. The first-order valence-electron chi connectivity index (χ1n) is 13.4. The lowest BCUT2D eigenvalue weighted by atomic mass is 9.80. The maximum absolute atomic E-state index is 12.9. The van der Waals surface area contributed by atoms with E-state index in [1.54, 1.807) is 12.3 Å². The van der Waals surface area contributed by atoms with Crippen LogP contribution in [-0.2, 0) is 37.2 Å². The van der Waals surface area contributed by atoms with Gasteiger partial charge in [-0.15, -0.1) is 11.3 Å². The molecule has 0 aliphatic heterocycles. The molecule has 0 radical (unpaired) electrons. The first-order chi connectivity index (χ1) is 19.0. The van der Waals surface area contributed by atoms with Gasteiger partial charge in [0, 0.05) is 29.4 Å². The zero-order chi connectivity index (χ0) is 29.0. The van der Waals surface area contributed by atoms with E-state index in [4.69, 9.17) is 22.1 Å². The first kappa shape index (κ1) is 30.4. The fourth-order valence-corrected chi connectivity index (χ4v) is 8.07. The molecule has 3 aromatic rings. The lowest BCUT2D eigenvalue weighted by Crippen LogP contribution is -2.44. The van der Waals surface area contributed by atoms with Crippen molar-refractivity contribution in [2.24, 2.45) is 17.8 Å². The van der Waals surface area contributed by atoms with E-state index >= 15 is 0 Å². The molecule has 4 rings (SSSR count). The van der Waals surface area contributed by atoms with Crippen LogP contribution in [0.25, 0.3) is 10.8 Å². The first-order valence-corrected chi connectivity index (χ1v) is 16.0. The number of esters is 1. The fourth-order valence-electron chi connectivity index (χ4n) is 5.16. The van der Waals surface area contributed by atoms with Crippen LogP contribution in [-0.4, -0.2) is 43.3 Å². The number of thiazole rings is 1. The number of nitrogen functional groups attached to an aromatic ring is 1. The van der Waals surface area contributed by atoms with Crippen LogP contribution in [0.5, 0.6) is 0 Å². The second-order valence-electron chi connectivity index (χ2n) is 10.8. The van der Waals surface area contributed by atoms with Gasteiger partial charge in [0.15, 0.2) is 9.99 Å². The molecular weight excluding hydrogens is 572 g/mol. The Morgan fingerprint density at radius 1 is 1.25 bits per heavy atom. The summed E-state index contributed by atoms with van der Waals surface area (Å²) in [4.78, 5) is 33.9. The van der Waals surface area contributed by atoms with Crippen LogP contribution < -0.4 is 10.5 Å². The number of fused-ring (bicyclic) bond motifs is 1. The molecule has 1 aliphatic rings. The molecule has 1 saturated carbocycles. The zero-order valence-corrected chi connectivity index (χ0v) is 25.2. The average Bonchev–Trinajstić information content (AvgIpc) is 3.37. The molecule has 9 nitrogen and oxygen atoms in total. The number of nitrogens with two attached hydrogens (primary N) is 1. The molecule has 3 unspecified atom stereocenters. The number of halogens is 1. The van der Waals surface area contributed by atoms with Gasteiger partial charge in [0.1, 0.15) is 5.82 Å². The number of benzene rings is 1. The van der Waals surface area contributed by atoms with Crippen LogP contribution in [0.1, 0.15) is 56.5 Å². The lowest BCUT2D eigenvalue weighted by Gasteiger charge is -2.28. The highest BCUT2D eigenvalue weighted by Crippen LogP contribution is 2.33. The number of ether oxygens (including phenoxy) is 1. The van der Waals surface area contributed by atoms with E-state index < -0.39 is 22.0 Å². The molecule has 40 heavy (non-hydrogen) atoms. The minimum absolute atomic E-state index is 0.0550. The minimum atomic E-state index is -3.82. The van der Waals surface area contributed by atoms with Gasteiger partial charge in [0.05, 0.1) is 30.3 Å². The molecule has 1 fully saturated rings. The normalized spacial score (nSPS) is 18.8. The molecule has 0 bridgehead atoms. The van der Waals surface area contributed by atoms with Gasteiger partial charge in [-0.2, -0.15) is 4.72 Å². The molecule has 0 amide bonds. The van der Waals surface area contributed by atoms with Gasteiger partial charge in [0.25, 0.3) is 10.0 Å².